The minimum Gasteiger partial charge on any atom is -0.494 e. The van der Waals surface area contributed by atoms with Crippen LogP contribution in [0.3, 0.4) is 0 Å². The topological polar surface area (TPSA) is 49.9 Å². The SMILES string of the molecule is Cc1ccc(OCCCC(=O)N2CCN(C(=O)c3c(F)cccc3Cl)CC2)cc1. The van der Waals surface area contributed by atoms with Gasteiger partial charge in [-0.25, -0.2) is 4.39 Å². The van der Waals surface area contributed by atoms with E-state index in [0.717, 1.165) is 5.75 Å². The molecule has 2 amide bonds. The zero-order valence-corrected chi connectivity index (χ0v) is 17.1. The van der Waals surface area contributed by atoms with Crippen LogP contribution in [-0.4, -0.2) is 54.4 Å². The monoisotopic (exact) mass is 418 g/mol. The predicted molar refractivity (Wildman–Crippen MR) is 110 cm³/mol. The number of aryl methyl sites for hydroxylation is 1. The summed E-state index contributed by atoms with van der Waals surface area (Å²) in [6.07, 6.45) is 1.01. The fourth-order valence-electron chi connectivity index (χ4n) is 3.23. The molecule has 3 rings (SSSR count). The zero-order chi connectivity index (χ0) is 20.8. The van der Waals surface area contributed by atoms with Crippen molar-refractivity contribution in [2.24, 2.45) is 0 Å². The molecule has 0 saturated carbocycles. The van der Waals surface area contributed by atoms with Gasteiger partial charge in [-0.15, -0.1) is 0 Å². The standard InChI is InChI=1S/C22H24ClFN2O3/c1-16-7-9-17(10-8-16)29-15-3-6-20(27)25-11-13-26(14-12-25)22(28)21-18(23)4-2-5-19(21)24/h2,4-5,7-10H,3,6,11-15H2,1H3. The van der Waals surface area contributed by atoms with E-state index in [0.29, 0.717) is 45.6 Å². The molecular weight excluding hydrogens is 395 g/mol. The lowest BCUT2D eigenvalue weighted by atomic mass is 10.1. The van der Waals surface area contributed by atoms with Crippen molar-refractivity contribution in [2.75, 3.05) is 32.8 Å². The second kappa shape index (κ2) is 9.74. The average Bonchev–Trinajstić information content (AvgIpc) is 2.72. The highest BCUT2D eigenvalue weighted by atomic mass is 35.5. The van der Waals surface area contributed by atoms with E-state index in [-0.39, 0.29) is 16.5 Å². The summed E-state index contributed by atoms with van der Waals surface area (Å²) in [5.41, 5.74) is 1.06. The number of piperazine rings is 1. The van der Waals surface area contributed by atoms with Crippen LogP contribution in [0.25, 0.3) is 0 Å². The maximum absolute atomic E-state index is 14.0. The zero-order valence-electron chi connectivity index (χ0n) is 16.4. The van der Waals surface area contributed by atoms with Gasteiger partial charge in [-0.2, -0.15) is 0 Å². The molecule has 0 spiro atoms. The maximum Gasteiger partial charge on any atom is 0.258 e. The van der Waals surface area contributed by atoms with Gasteiger partial charge in [0.25, 0.3) is 5.91 Å². The molecular formula is C22H24ClFN2O3. The lowest BCUT2D eigenvalue weighted by Gasteiger charge is -2.35. The molecule has 1 heterocycles. The van der Waals surface area contributed by atoms with E-state index in [9.17, 15) is 14.0 Å². The van der Waals surface area contributed by atoms with Gasteiger partial charge in [0.15, 0.2) is 0 Å². The Bertz CT molecular complexity index is 845. The summed E-state index contributed by atoms with van der Waals surface area (Å²) in [6.45, 7) is 4.05. The van der Waals surface area contributed by atoms with E-state index in [4.69, 9.17) is 16.3 Å². The van der Waals surface area contributed by atoms with Crippen molar-refractivity contribution in [3.05, 3.63) is 64.4 Å². The van der Waals surface area contributed by atoms with Gasteiger partial charge in [0.2, 0.25) is 5.91 Å². The Kier molecular flexibility index (Phi) is 7.09. The number of hydrogen-bond acceptors (Lipinski definition) is 3. The molecule has 154 valence electrons. The molecule has 1 saturated heterocycles. The molecule has 0 unspecified atom stereocenters. The van der Waals surface area contributed by atoms with Crippen LogP contribution >= 0.6 is 11.6 Å². The maximum atomic E-state index is 14.0. The fraction of sp³-hybridized carbons (Fsp3) is 0.364. The molecule has 7 heteroatoms. The highest BCUT2D eigenvalue weighted by Crippen LogP contribution is 2.21. The van der Waals surface area contributed by atoms with Crippen molar-refractivity contribution in [3.8, 4) is 5.75 Å². The molecule has 2 aromatic carbocycles. The molecule has 0 radical (unpaired) electrons. The third kappa shape index (κ3) is 5.48. The third-order valence-electron chi connectivity index (χ3n) is 4.92. The number of carbonyl (C=O) groups is 2. The number of amides is 2. The highest BCUT2D eigenvalue weighted by molar-refractivity contribution is 6.33. The first-order chi connectivity index (χ1) is 14.0. The predicted octanol–water partition coefficient (Wildman–Crippen LogP) is 3.93. The summed E-state index contributed by atoms with van der Waals surface area (Å²) in [5, 5.41) is 0.0992. The quantitative estimate of drug-likeness (QED) is 0.668. The summed E-state index contributed by atoms with van der Waals surface area (Å²) < 4.78 is 19.6. The lowest BCUT2D eigenvalue weighted by molar-refractivity contribution is -0.132. The van der Waals surface area contributed by atoms with Crippen LogP contribution < -0.4 is 4.74 Å². The highest BCUT2D eigenvalue weighted by Gasteiger charge is 2.27. The minimum atomic E-state index is -0.630. The van der Waals surface area contributed by atoms with Crippen molar-refractivity contribution in [1.29, 1.82) is 0 Å². The molecule has 5 nitrogen and oxygen atoms in total. The molecule has 1 aliphatic heterocycles. The lowest BCUT2D eigenvalue weighted by Crippen LogP contribution is -2.50. The Labute approximate surface area is 175 Å². The molecule has 0 aliphatic carbocycles. The van der Waals surface area contributed by atoms with Gasteiger partial charge >= 0.3 is 0 Å². The van der Waals surface area contributed by atoms with Crippen LogP contribution in [0.5, 0.6) is 5.75 Å². The van der Waals surface area contributed by atoms with Crippen LogP contribution in [0.1, 0.15) is 28.8 Å². The number of nitrogens with zero attached hydrogens (tertiary/aromatic N) is 2. The number of benzene rings is 2. The number of carbonyl (C=O) groups excluding carboxylic acids is 2. The number of hydrogen-bond donors (Lipinski definition) is 0. The van der Waals surface area contributed by atoms with E-state index < -0.39 is 11.7 Å². The van der Waals surface area contributed by atoms with Gasteiger partial charge in [0, 0.05) is 32.6 Å². The third-order valence-corrected chi connectivity index (χ3v) is 5.24. The van der Waals surface area contributed by atoms with E-state index >= 15 is 0 Å². The smallest absolute Gasteiger partial charge is 0.258 e. The van der Waals surface area contributed by atoms with Crippen molar-refractivity contribution in [2.45, 2.75) is 19.8 Å². The Hall–Kier alpha value is -2.60. The summed E-state index contributed by atoms with van der Waals surface area (Å²) >= 11 is 5.98. The van der Waals surface area contributed by atoms with Crippen LogP contribution in [-0.2, 0) is 4.79 Å². The van der Waals surface area contributed by atoms with Gasteiger partial charge in [-0.1, -0.05) is 35.4 Å². The fourth-order valence-corrected chi connectivity index (χ4v) is 3.47. The van der Waals surface area contributed by atoms with E-state index in [2.05, 4.69) is 0 Å². The Morgan fingerprint density at radius 2 is 1.69 bits per heavy atom. The van der Waals surface area contributed by atoms with Crippen molar-refractivity contribution in [1.82, 2.24) is 9.80 Å². The average molecular weight is 419 g/mol. The van der Waals surface area contributed by atoms with Crippen molar-refractivity contribution < 1.29 is 18.7 Å². The Morgan fingerprint density at radius 3 is 2.34 bits per heavy atom. The van der Waals surface area contributed by atoms with Crippen molar-refractivity contribution >= 4 is 23.4 Å². The molecule has 0 N–H and O–H groups in total. The second-order valence-electron chi connectivity index (χ2n) is 7.03. The molecule has 0 aromatic heterocycles. The van der Waals surface area contributed by atoms with Gasteiger partial charge in [0.1, 0.15) is 11.6 Å². The molecule has 0 atom stereocenters. The molecule has 1 aliphatic rings. The summed E-state index contributed by atoms with van der Waals surface area (Å²) in [6, 6.07) is 12.0. The largest absolute Gasteiger partial charge is 0.494 e. The first-order valence-corrected chi connectivity index (χ1v) is 10.0. The molecule has 0 bridgehead atoms. The van der Waals surface area contributed by atoms with Crippen LogP contribution in [0.4, 0.5) is 4.39 Å². The Balaban J connectivity index is 1.42. The second-order valence-corrected chi connectivity index (χ2v) is 7.44. The van der Waals surface area contributed by atoms with Crippen LogP contribution in [0.15, 0.2) is 42.5 Å². The first-order valence-electron chi connectivity index (χ1n) is 9.66. The van der Waals surface area contributed by atoms with Gasteiger partial charge in [0.05, 0.1) is 17.2 Å². The molecule has 1 fully saturated rings. The van der Waals surface area contributed by atoms with Crippen LogP contribution in [0, 0.1) is 12.7 Å². The minimum absolute atomic E-state index is 0.0357. The van der Waals surface area contributed by atoms with E-state index in [1.807, 2.05) is 31.2 Å². The Morgan fingerprint density at radius 1 is 1.03 bits per heavy atom. The summed E-state index contributed by atoms with van der Waals surface area (Å²) in [7, 11) is 0. The molecule has 2 aromatic rings. The number of ether oxygens (including phenoxy) is 1. The van der Waals surface area contributed by atoms with Gasteiger partial charge in [-0.05, 0) is 37.6 Å². The van der Waals surface area contributed by atoms with Crippen molar-refractivity contribution in [3.63, 3.8) is 0 Å². The summed E-state index contributed by atoms with van der Waals surface area (Å²) in [4.78, 5) is 28.2. The van der Waals surface area contributed by atoms with Gasteiger partial charge in [-0.3, -0.25) is 9.59 Å². The summed E-state index contributed by atoms with van der Waals surface area (Å²) in [5.74, 6) is -0.239. The number of rotatable bonds is 6. The van der Waals surface area contributed by atoms with Gasteiger partial charge < -0.3 is 14.5 Å². The molecule has 29 heavy (non-hydrogen) atoms. The van der Waals surface area contributed by atoms with E-state index in [1.165, 1.54) is 28.7 Å². The van der Waals surface area contributed by atoms with E-state index in [1.54, 1.807) is 4.90 Å². The normalized spacial score (nSPS) is 14.0. The number of halogens is 2. The first kappa shape index (κ1) is 21.1. The van der Waals surface area contributed by atoms with Crippen LogP contribution in [0.2, 0.25) is 5.02 Å².